The molecule has 0 spiro atoms. The SMILES string of the molecule is CCC(CCN(C)C)N1CCN(CC)CC1. The lowest BCUT2D eigenvalue weighted by atomic mass is 10.1. The summed E-state index contributed by atoms with van der Waals surface area (Å²) in [5.74, 6) is 0. The van der Waals surface area contributed by atoms with Crippen LogP contribution in [0.3, 0.4) is 0 Å². The fourth-order valence-electron chi connectivity index (χ4n) is 2.50. The first kappa shape index (κ1) is 13.9. The smallest absolute Gasteiger partial charge is 0.0113 e. The van der Waals surface area contributed by atoms with Crippen molar-refractivity contribution in [3.63, 3.8) is 0 Å². The Morgan fingerprint density at radius 3 is 2.12 bits per heavy atom. The lowest BCUT2D eigenvalue weighted by molar-refractivity contribution is 0.0897. The van der Waals surface area contributed by atoms with Gasteiger partial charge in [0.05, 0.1) is 0 Å². The molecule has 3 heteroatoms. The van der Waals surface area contributed by atoms with Gasteiger partial charge in [-0.25, -0.2) is 0 Å². The predicted molar refractivity (Wildman–Crippen MR) is 70.9 cm³/mol. The van der Waals surface area contributed by atoms with Gasteiger partial charge in [0, 0.05) is 32.2 Å². The van der Waals surface area contributed by atoms with Gasteiger partial charge in [-0.3, -0.25) is 4.90 Å². The van der Waals surface area contributed by atoms with Gasteiger partial charge in [0.15, 0.2) is 0 Å². The summed E-state index contributed by atoms with van der Waals surface area (Å²) in [6.07, 6.45) is 2.61. The van der Waals surface area contributed by atoms with Crippen LogP contribution in [0.1, 0.15) is 26.7 Å². The van der Waals surface area contributed by atoms with Gasteiger partial charge in [-0.2, -0.15) is 0 Å². The van der Waals surface area contributed by atoms with E-state index in [-0.39, 0.29) is 0 Å². The highest BCUT2D eigenvalue weighted by atomic mass is 15.3. The van der Waals surface area contributed by atoms with Crippen LogP contribution >= 0.6 is 0 Å². The van der Waals surface area contributed by atoms with Crippen molar-refractivity contribution in [2.45, 2.75) is 32.7 Å². The van der Waals surface area contributed by atoms with Gasteiger partial charge in [0.2, 0.25) is 0 Å². The molecule has 96 valence electrons. The van der Waals surface area contributed by atoms with E-state index in [4.69, 9.17) is 0 Å². The van der Waals surface area contributed by atoms with Crippen molar-refractivity contribution in [2.24, 2.45) is 0 Å². The minimum absolute atomic E-state index is 0.793. The van der Waals surface area contributed by atoms with Crippen molar-refractivity contribution < 1.29 is 0 Å². The minimum atomic E-state index is 0.793. The molecule has 1 heterocycles. The molecule has 0 N–H and O–H groups in total. The predicted octanol–water partition coefficient (Wildman–Crippen LogP) is 1.35. The Morgan fingerprint density at radius 1 is 1.06 bits per heavy atom. The molecule has 1 aliphatic rings. The van der Waals surface area contributed by atoms with Gasteiger partial charge < -0.3 is 9.80 Å². The van der Waals surface area contributed by atoms with Crippen LogP contribution in [-0.4, -0.2) is 74.1 Å². The fourth-order valence-corrected chi connectivity index (χ4v) is 2.50. The average Bonchev–Trinajstić information content (AvgIpc) is 2.30. The Balaban J connectivity index is 2.31. The van der Waals surface area contributed by atoms with Crippen LogP contribution in [0.25, 0.3) is 0 Å². The van der Waals surface area contributed by atoms with Crippen molar-refractivity contribution >= 4 is 0 Å². The summed E-state index contributed by atoms with van der Waals surface area (Å²) in [7, 11) is 4.34. The molecular formula is C13H29N3. The van der Waals surface area contributed by atoms with Crippen molar-refractivity contribution in [1.82, 2.24) is 14.7 Å². The van der Waals surface area contributed by atoms with E-state index < -0.39 is 0 Å². The van der Waals surface area contributed by atoms with E-state index in [1.807, 2.05) is 0 Å². The standard InChI is InChI=1S/C13H29N3/c1-5-13(7-8-14(3)4)16-11-9-15(6-2)10-12-16/h13H,5-12H2,1-4H3. The maximum absolute atomic E-state index is 2.69. The Hall–Kier alpha value is -0.120. The number of nitrogens with zero attached hydrogens (tertiary/aromatic N) is 3. The van der Waals surface area contributed by atoms with E-state index in [0.717, 1.165) is 6.04 Å². The summed E-state index contributed by atoms with van der Waals surface area (Å²) in [5, 5.41) is 0. The van der Waals surface area contributed by atoms with E-state index >= 15 is 0 Å². The molecule has 0 aromatic rings. The molecule has 0 amide bonds. The Labute approximate surface area is 101 Å². The van der Waals surface area contributed by atoms with Gasteiger partial charge in [-0.05, 0) is 40.0 Å². The van der Waals surface area contributed by atoms with Crippen LogP contribution in [0.15, 0.2) is 0 Å². The highest BCUT2D eigenvalue weighted by Gasteiger charge is 2.21. The summed E-state index contributed by atoms with van der Waals surface area (Å²) in [4.78, 5) is 7.54. The molecule has 1 atom stereocenters. The van der Waals surface area contributed by atoms with Crippen molar-refractivity contribution in [3.8, 4) is 0 Å². The Bertz CT molecular complexity index is 174. The number of piperazine rings is 1. The number of rotatable bonds is 6. The quantitative estimate of drug-likeness (QED) is 0.678. The lowest BCUT2D eigenvalue weighted by Gasteiger charge is -2.39. The molecule has 1 unspecified atom stereocenters. The second-order valence-corrected chi connectivity index (χ2v) is 5.12. The topological polar surface area (TPSA) is 9.72 Å². The van der Waals surface area contributed by atoms with Crippen molar-refractivity contribution in [3.05, 3.63) is 0 Å². The van der Waals surface area contributed by atoms with Crippen LogP contribution < -0.4 is 0 Å². The molecule has 0 radical (unpaired) electrons. The van der Waals surface area contributed by atoms with Crippen molar-refractivity contribution in [1.29, 1.82) is 0 Å². The maximum atomic E-state index is 2.69. The van der Waals surface area contributed by atoms with Crippen LogP contribution in [0.2, 0.25) is 0 Å². The number of hydrogen-bond donors (Lipinski definition) is 0. The fraction of sp³-hybridized carbons (Fsp3) is 1.00. The van der Waals surface area contributed by atoms with E-state index in [1.165, 1.54) is 52.1 Å². The summed E-state index contributed by atoms with van der Waals surface area (Å²) in [5.41, 5.74) is 0. The third kappa shape index (κ3) is 4.40. The van der Waals surface area contributed by atoms with Crippen LogP contribution in [0, 0.1) is 0 Å². The van der Waals surface area contributed by atoms with Gasteiger partial charge in [-0.15, -0.1) is 0 Å². The first-order valence-electron chi connectivity index (χ1n) is 6.78. The zero-order valence-corrected chi connectivity index (χ0v) is 11.6. The molecule has 16 heavy (non-hydrogen) atoms. The first-order chi connectivity index (χ1) is 7.67. The van der Waals surface area contributed by atoms with Gasteiger partial charge in [-0.1, -0.05) is 13.8 Å². The molecule has 1 aliphatic heterocycles. The number of hydrogen-bond acceptors (Lipinski definition) is 3. The molecule has 1 fully saturated rings. The second kappa shape index (κ2) is 7.25. The Morgan fingerprint density at radius 2 is 1.69 bits per heavy atom. The molecule has 3 nitrogen and oxygen atoms in total. The molecule has 1 saturated heterocycles. The van der Waals surface area contributed by atoms with E-state index in [2.05, 4.69) is 42.6 Å². The normalized spacial score (nSPS) is 21.6. The molecule has 0 aliphatic carbocycles. The van der Waals surface area contributed by atoms with E-state index in [9.17, 15) is 0 Å². The Kier molecular flexibility index (Phi) is 6.32. The van der Waals surface area contributed by atoms with Gasteiger partial charge in [0.1, 0.15) is 0 Å². The first-order valence-corrected chi connectivity index (χ1v) is 6.78. The molecule has 0 bridgehead atoms. The van der Waals surface area contributed by atoms with Crippen LogP contribution in [0.4, 0.5) is 0 Å². The minimum Gasteiger partial charge on any atom is -0.309 e. The average molecular weight is 227 g/mol. The van der Waals surface area contributed by atoms with E-state index in [0.29, 0.717) is 0 Å². The van der Waals surface area contributed by atoms with Crippen LogP contribution in [0.5, 0.6) is 0 Å². The van der Waals surface area contributed by atoms with E-state index in [1.54, 1.807) is 0 Å². The molecule has 0 aromatic carbocycles. The molecular weight excluding hydrogens is 198 g/mol. The lowest BCUT2D eigenvalue weighted by Crippen LogP contribution is -2.50. The van der Waals surface area contributed by atoms with Crippen molar-refractivity contribution in [2.75, 3.05) is 53.4 Å². The highest BCUT2D eigenvalue weighted by Crippen LogP contribution is 2.12. The highest BCUT2D eigenvalue weighted by molar-refractivity contribution is 4.78. The largest absolute Gasteiger partial charge is 0.309 e. The third-order valence-electron chi connectivity index (χ3n) is 3.75. The summed E-state index contributed by atoms with van der Waals surface area (Å²) in [6, 6.07) is 0.793. The third-order valence-corrected chi connectivity index (χ3v) is 3.75. The molecule has 0 saturated carbocycles. The monoisotopic (exact) mass is 227 g/mol. The molecule has 0 aromatic heterocycles. The van der Waals surface area contributed by atoms with Gasteiger partial charge >= 0.3 is 0 Å². The summed E-state index contributed by atoms with van der Waals surface area (Å²) < 4.78 is 0. The van der Waals surface area contributed by atoms with Crippen LogP contribution in [-0.2, 0) is 0 Å². The summed E-state index contributed by atoms with van der Waals surface area (Å²) in [6.45, 7) is 12.1. The zero-order chi connectivity index (χ0) is 12.0. The van der Waals surface area contributed by atoms with Gasteiger partial charge in [0.25, 0.3) is 0 Å². The number of likely N-dealkylation sites (N-methyl/N-ethyl adjacent to an activating group) is 1. The zero-order valence-electron chi connectivity index (χ0n) is 11.6. The molecule has 1 rings (SSSR count). The summed E-state index contributed by atoms with van der Waals surface area (Å²) >= 11 is 0. The maximum Gasteiger partial charge on any atom is 0.0113 e. The second-order valence-electron chi connectivity index (χ2n) is 5.12.